The Labute approximate surface area is 183 Å². The molecule has 2 unspecified atom stereocenters. The van der Waals surface area contributed by atoms with Gasteiger partial charge in [-0.05, 0) is 37.3 Å². The Kier molecular flexibility index (Phi) is 6.75. The van der Waals surface area contributed by atoms with Crippen molar-refractivity contribution in [2.24, 2.45) is 0 Å². The number of carbonyl (C=O) groups excluding carboxylic acids is 3. The van der Waals surface area contributed by atoms with Gasteiger partial charge in [0.05, 0.1) is 28.6 Å². The topological polar surface area (TPSA) is 97.4 Å². The van der Waals surface area contributed by atoms with E-state index in [1.807, 2.05) is 0 Å². The number of esters is 1. The van der Waals surface area contributed by atoms with Crippen LogP contribution in [0.15, 0.2) is 41.4 Å². The minimum atomic E-state index is -4.54. The van der Waals surface area contributed by atoms with Gasteiger partial charge in [-0.15, -0.1) is 11.8 Å². The zero-order valence-electron chi connectivity index (χ0n) is 15.8. The highest BCUT2D eigenvalue weighted by Gasteiger charge is 2.35. The highest BCUT2D eigenvalue weighted by Crippen LogP contribution is 2.40. The van der Waals surface area contributed by atoms with Crippen LogP contribution in [0.2, 0.25) is 5.15 Å². The van der Waals surface area contributed by atoms with Crippen LogP contribution in [0.4, 0.5) is 24.5 Å². The largest absolute Gasteiger partial charge is 0.452 e. The van der Waals surface area contributed by atoms with Crippen molar-refractivity contribution in [2.75, 3.05) is 10.6 Å². The van der Waals surface area contributed by atoms with Gasteiger partial charge < -0.3 is 15.4 Å². The number of halogens is 4. The molecule has 7 nitrogen and oxygen atoms in total. The minimum absolute atomic E-state index is 0.0236. The van der Waals surface area contributed by atoms with Crippen LogP contribution in [0.3, 0.4) is 0 Å². The molecule has 2 aromatic rings. The molecule has 31 heavy (non-hydrogen) atoms. The molecule has 1 aliphatic rings. The lowest BCUT2D eigenvalue weighted by Crippen LogP contribution is -2.34. The number of hydrogen-bond donors (Lipinski definition) is 2. The Bertz CT molecular complexity index is 1030. The number of carbonyl (C=O) groups is 3. The predicted octanol–water partition coefficient (Wildman–Crippen LogP) is 4.13. The summed E-state index contributed by atoms with van der Waals surface area (Å²) in [6, 6.07) is 6.05. The Morgan fingerprint density at radius 1 is 1.35 bits per heavy atom. The molecule has 2 heterocycles. The van der Waals surface area contributed by atoms with Gasteiger partial charge in [-0.3, -0.25) is 14.4 Å². The van der Waals surface area contributed by atoms with Crippen LogP contribution in [0, 0.1) is 0 Å². The summed E-state index contributed by atoms with van der Waals surface area (Å²) in [5.74, 6) is -2.09. The molecule has 2 amide bonds. The van der Waals surface area contributed by atoms with Gasteiger partial charge in [0.1, 0.15) is 0 Å². The fourth-order valence-electron chi connectivity index (χ4n) is 2.62. The van der Waals surface area contributed by atoms with Gasteiger partial charge in [0.25, 0.3) is 5.91 Å². The smallest absolute Gasteiger partial charge is 0.416 e. The maximum atomic E-state index is 12.8. The average Bonchev–Trinajstić information content (AvgIpc) is 2.69. The molecule has 0 fully saturated rings. The summed E-state index contributed by atoms with van der Waals surface area (Å²) in [5.41, 5.74) is -0.622. The van der Waals surface area contributed by atoms with Crippen LogP contribution in [-0.2, 0) is 25.3 Å². The number of thioether (sulfide) groups is 1. The first-order valence-corrected chi connectivity index (χ1v) is 10.1. The number of nitrogens with one attached hydrogen (secondary N) is 2. The SMILES string of the molecule is CC(OC(=O)CC1Sc2ccc(C(F)(F)F)cc2NC1=O)C(=O)Nc1cccnc1Cl. The van der Waals surface area contributed by atoms with Crippen molar-refractivity contribution in [1.29, 1.82) is 0 Å². The van der Waals surface area contributed by atoms with E-state index in [4.69, 9.17) is 16.3 Å². The lowest BCUT2D eigenvalue weighted by molar-refractivity contribution is -0.153. The monoisotopic (exact) mass is 473 g/mol. The van der Waals surface area contributed by atoms with Crippen molar-refractivity contribution in [3.8, 4) is 0 Å². The number of nitrogens with zero attached hydrogens (tertiary/aromatic N) is 1. The first-order chi connectivity index (χ1) is 14.5. The molecule has 2 N–H and O–H groups in total. The van der Waals surface area contributed by atoms with Crippen molar-refractivity contribution < 1.29 is 32.3 Å². The number of aromatic nitrogens is 1. The number of hydrogen-bond acceptors (Lipinski definition) is 6. The quantitative estimate of drug-likeness (QED) is 0.500. The van der Waals surface area contributed by atoms with Gasteiger partial charge in [-0.1, -0.05) is 11.6 Å². The van der Waals surface area contributed by atoms with Crippen molar-refractivity contribution >= 4 is 52.5 Å². The summed E-state index contributed by atoms with van der Waals surface area (Å²) < 4.78 is 43.5. The van der Waals surface area contributed by atoms with E-state index < -0.39 is 40.9 Å². The maximum Gasteiger partial charge on any atom is 0.416 e. The summed E-state index contributed by atoms with van der Waals surface area (Å²) in [6.07, 6.45) is -4.65. The average molecular weight is 474 g/mol. The Morgan fingerprint density at radius 2 is 2.10 bits per heavy atom. The zero-order valence-corrected chi connectivity index (χ0v) is 17.4. The third-order valence-corrected chi connectivity index (χ3v) is 5.75. The van der Waals surface area contributed by atoms with Gasteiger partial charge in [-0.2, -0.15) is 13.2 Å². The van der Waals surface area contributed by atoms with Gasteiger partial charge in [0, 0.05) is 11.1 Å². The van der Waals surface area contributed by atoms with E-state index in [-0.39, 0.29) is 22.9 Å². The molecule has 12 heteroatoms. The van der Waals surface area contributed by atoms with Crippen LogP contribution < -0.4 is 10.6 Å². The molecule has 164 valence electrons. The van der Waals surface area contributed by atoms with E-state index in [2.05, 4.69) is 15.6 Å². The summed E-state index contributed by atoms with van der Waals surface area (Å²) in [7, 11) is 0. The van der Waals surface area contributed by atoms with Crippen molar-refractivity contribution in [1.82, 2.24) is 4.98 Å². The number of alkyl halides is 3. The second-order valence-corrected chi connectivity index (χ2v) is 8.07. The molecule has 3 rings (SSSR count). The summed E-state index contributed by atoms with van der Waals surface area (Å²) >= 11 is 6.80. The van der Waals surface area contributed by atoms with Crippen molar-refractivity contribution in [2.45, 2.75) is 35.8 Å². The van der Waals surface area contributed by atoms with Crippen LogP contribution >= 0.6 is 23.4 Å². The molecule has 1 aromatic heterocycles. The summed E-state index contributed by atoms with van der Waals surface area (Å²) in [4.78, 5) is 40.8. The third-order valence-electron chi connectivity index (χ3n) is 4.17. The van der Waals surface area contributed by atoms with Crippen LogP contribution in [0.5, 0.6) is 0 Å². The molecule has 2 atom stereocenters. The van der Waals surface area contributed by atoms with Gasteiger partial charge in [-0.25, -0.2) is 4.98 Å². The molecule has 1 aromatic carbocycles. The Balaban J connectivity index is 1.58. The van der Waals surface area contributed by atoms with E-state index in [0.29, 0.717) is 4.90 Å². The molecular weight excluding hydrogens is 459 g/mol. The zero-order chi connectivity index (χ0) is 22.8. The molecule has 0 saturated heterocycles. The molecule has 0 spiro atoms. The highest BCUT2D eigenvalue weighted by molar-refractivity contribution is 8.01. The maximum absolute atomic E-state index is 12.8. The normalized spacial score (nSPS) is 16.7. The molecule has 0 bridgehead atoms. The van der Waals surface area contributed by atoms with E-state index in [9.17, 15) is 27.6 Å². The molecule has 1 aliphatic heterocycles. The molecular formula is C19H15ClF3N3O4S. The fraction of sp³-hybridized carbons (Fsp3) is 0.263. The lowest BCUT2D eigenvalue weighted by atomic mass is 10.1. The molecule has 0 saturated carbocycles. The first-order valence-electron chi connectivity index (χ1n) is 8.84. The number of anilines is 2. The minimum Gasteiger partial charge on any atom is -0.452 e. The second-order valence-electron chi connectivity index (χ2n) is 6.47. The number of amides is 2. The van der Waals surface area contributed by atoms with E-state index in [0.717, 1.165) is 23.9 Å². The van der Waals surface area contributed by atoms with E-state index in [1.165, 1.54) is 25.3 Å². The second kappa shape index (κ2) is 9.15. The number of rotatable bonds is 5. The van der Waals surface area contributed by atoms with Gasteiger partial charge in [0.15, 0.2) is 11.3 Å². The Hall–Kier alpha value is -2.79. The first kappa shape index (κ1) is 22.9. The standard InChI is InChI=1S/C19H15ClF3N3O4S/c1-9(17(28)25-11-3-2-6-24-16(11)20)30-15(27)8-14-18(29)26-12-7-10(19(21,22)23)4-5-13(12)31-14/h2-7,9,14H,8H2,1H3,(H,25,28)(H,26,29). The fourth-order valence-corrected chi connectivity index (χ4v) is 3.87. The van der Waals surface area contributed by atoms with Crippen LogP contribution in [0.25, 0.3) is 0 Å². The van der Waals surface area contributed by atoms with Crippen LogP contribution in [0.1, 0.15) is 18.9 Å². The van der Waals surface area contributed by atoms with Gasteiger partial charge in [0.2, 0.25) is 5.91 Å². The molecule has 0 radical (unpaired) electrons. The van der Waals surface area contributed by atoms with E-state index >= 15 is 0 Å². The van der Waals surface area contributed by atoms with Crippen molar-refractivity contribution in [3.05, 3.63) is 47.2 Å². The molecule has 0 aliphatic carbocycles. The number of pyridine rings is 1. The summed E-state index contributed by atoms with van der Waals surface area (Å²) in [5, 5.41) is 4.00. The van der Waals surface area contributed by atoms with Crippen LogP contribution in [-0.4, -0.2) is 34.1 Å². The lowest BCUT2D eigenvalue weighted by Gasteiger charge is -2.24. The number of fused-ring (bicyclic) bond motifs is 1. The number of benzene rings is 1. The van der Waals surface area contributed by atoms with Crippen molar-refractivity contribution in [3.63, 3.8) is 0 Å². The summed E-state index contributed by atoms with van der Waals surface area (Å²) in [6.45, 7) is 1.35. The Morgan fingerprint density at radius 3 is 2.77 bits per heavy atom. The van der Waals surface area contributed by atoms with Gasteiger partial charge >= 0.3 is 12.1 Å². The highest BCUT2D eigenvalue weighted by atomic mass is 35.5. The predicted molar refractivity (Wildman–Crippen MR) is 108 cm³/mol. The van der Waals surface area contributed by atoms with E-state index in [1.54, 1.807) is 6.07 Å². The number of ether oxygens (including phenoxy) is 1. The third kappa shape index (κ3) is 5.67.